The molecule has 148 valence electrons. The van der Waals surface area contributed by atoms with Gasteiger partial charge in [0.1, 0.15) is 0 Å². The molecular weight excluding hydrogens is 461 g/mol. The molecule has 0 spiro atoms. The van der Waals surface area contributed by atoms with Crippen LogP contribution in [-0.4, -0.2) is 75.2 Å². The molecule has 0 aliphatic carbocycles. The maximum Gasteiger partial charge on any atom is 0.191 e. The van der Waals surface area contributed by atoms with Gasteiger partial charge in [0.25, 0.3) is 0 Å². The molecule has 2 N–H and O–H groups in total. The molecule has 0 radical (unpaired) electrons. The normalized spacial score (nSPS) is 16.7. The standard InChI is InChI=1S/C19H32ClN5.HI/c1-3-21-19(22-10-9-17-7-4-5-8-18(17)20)23-11-14-25-13-6-12-24(2)15-16-25;/h4-5,7-8H,3,6,9-16H2,1-2H3,(H2,21,22,23);1H. The summed E-state index contributed by atoms with van der Waals surface area (Å²) in [5, 5.41) is 7.56. The number of hydrogen-bond acceptors (Lipinski definition) is 3. The van der Waals surface area contributed by atoms with Crippen LogP contribution in [0.5, 0.6) is 0 Å². The van der Waals surface area contributed by atoms with Crippen LogP contribution in [0, 0.1) is 0 Å². The fourth-order valence-corrected chi connectivity index (χ4v) is 3.22. The lowest BCUT2D eigenvalue weighted by Gasteiger charge is -2.19. The van der Waals surface area contributed by atoms with E-state index >= 15 is 0 Å². The molecule has 0 bridgehead atoms. The van der Waals surface area contributed by atoms with Crippen molar-refractivity contribution in [3.63, 3.8) is 0 Å². The summed E-state index contributed by atoms with van der Waals surface area (Å²) in [6, 6.07) is 8.00. The molecule has 26 heavy (non-hydrogen) atoms. The van der Waals surface area contributed by atoms with Crippen molar-refractivity contribution in [2.75, 3.05) is 59.4 Å². The lowest BCUT2D eigenvalue weighted by atomic mass is 10.1. The Kier molecular flexibility index (Phi) is 12.3. The molecule has 1 aliphatic heterocycles. The van der Waals surface area contributed by atoms with Gasteiger partial charge in [-0.15, -0.1) is 24.0 Å². The van der Waals surface area contributed by atoms with E-state index in [4.69, 9.17) is 16.6 Å². The monoisotopic (exact) mass is 493 g/mol. The topological polar surface area (TPSA) is 42.9 Å². The maximum atomic E-state index is 6.21. The van der Waals surface area contributed by atoms with E-state index < -0.39 is 0 Å². The number of nitrogens with one attached hydrogen (secondary N) is 2. The second-order valence-corrected chi connectivity index (χ2v) is 6.93. The van der Waals surface area contributed by atoms with Crippen LogP contribution in [0.2, 0.25) is 5.02 Å². The predicted octanol–water partition coefficient (Wildman–Crippen LogP) is 2.69. The molecule has 0 atom stereocenters. The molecule has 1 saturated heterocycles. The van der Waals surface area contributed by atoms with Gasteiger partial charge in [-0.25, -0.2) is 0 Å². The van der Waals surface area contributed by atoms with Gasteiger partial charge in [-0.2, -0.15) is 0 Å². The first-order chi connectivity index (χ1) is 12.2. The van der Waals surface area contributed by atoms with Crippen molar-refractivity contribution in [1.82, 2.24) is 20.4 Å². The van der Waals surface area contributed by atoms with Gasteiger partial charge in [0.05, 0.1) is 6.54 Å². The molecule has 0 aromatic heterocycles. The number of rotatable bonds is 7. The molecule has 0 amide bonds. The molecule has 1 fully saturated rings. The molecule has 2 rings (SSSR count). The Balaban J connectivity index is 0.00000338. The Bertz CT molecular complexity index is 540. The summed E-state index contributed by atoms with van der Waals surface area (Å²) < 4.78 is 0. The number of hydrogen-bond donors (Lipinski definition) is 2. The molecule has 0 saturated carbocycles. The van der Waals surface area contributed by atoms with Crippen LogP contribution in [0.4, 0.5) is 0 Å². The van der Waals surface area contributed by atoms with E-state index in [2.05, 4.69) is 40.5 Å². The number of halogens is 2. The maximum absolute atomic E-state index is 6.21. The van der Waals surface area contributed by atoms with Crippen molar-refractivity contribution >= 4 is 41.5 Å². The first kappa shape index (κ1) is 23.5. The van der Waals surface area contributed by atoms with Crippen molar-refractivity contribution < 1.29 is 0 Å². The molecule has 7 heteroatoms. The number of benzene rings is 1. The van der Waals surface area contributed by atoms with Gasteiger partial charge in [0, 0.05) is 37.7 Å². The zero-order chi connectivity index (χ0) is 17.9. The highest BCUT2D eigenvalue weighted by Gasteiger charge is 2.11. The van der Waals surface area contributed by atoms with Crippen molar-refractivity contribution in [3.8, 4) is 0 Å². The van der Waals surface area contributed by atoms with Crippen molar-refractivity contribution in [2.45, 2.75) is 19.8 Å². The molecule has 1 heterocycles. The van der Waals surface area contributed by atoms with Gasteiger partial charge in [0.2, 0.25) is 0 Å². The highest BCUT2D eigenvalue weighted by molar-refractivity contribution is 14.0. The Labute approximate surface area is 180 Å². The van der Waals surface area contributed by atoms with Crippen LogP contribution in [0.3, 0.4) is 0 Å². The lowest BCUT2D eigenvalue weighted by molar-refractivity contribution is 0.283. The highest BCUT2D eigenvalue weighted by atomic mass is 127. The quantitative estimate of drug-likeness (QED) is 0.348. The van der Waals surface area contributed by atoms with E-state index in [0.717, 1.165) is 56.7 Å². The van der Waals surface area contributed by atoms with Crippen molar-refractivity contribution in [1.29, 1.82) is 0 Å². The molecule has 1 aliphatic rings. The second-order valence-electron chi connectivity index (χ2n) is 6.53. The molecule has 1 aromatic rings. The Hall–Kier alpha value is -0.570. The van der Waals surface area contributed by atoms with Gasteiger partial charge in [-0.1, -0.05) is 29.8 Å². The average molecular weight is 494 g/mol. The van der Waals surface area contributed by atoms with Gasteiger partial charge < -0.3 is 20.4 Å². The fourth-order valence-electron chi connectivity index (χ4n) is 2.99. The summed E-state index contributed by atoms with van der Waals surface area (Å²) >= 11 is 6.21. The number of guanidine groups is 1. The minimum absolute atomic E-state index is 0. The Morgan fingerprint density at radius 2 is 1.96 bits per heavy atom. The van der Waals surface area contributed by atoms with Gasteiger partial charge in [-0.05, 0) is 51.5 Å². The molecular formula is C19H33ClIN5. The van der Waals surface area contributed by atoms with E-state index in [1.54, 1.807) is 0 Å². The van der Waals surface area contributed by atoms with E-state index in [1.165, 1.54) is 25.1 Å². The van der Waals surface area contributed by atoms with Gasteiger partial charge in [0.15, 0.2) is 5.96 Å². The van der Waals surface area contributed by atoms with E-state index in [9.17, 15) is 0 Å². The van der Waals surface area contributed by atoms with E-state index in [1.807, 2.05) is 18.2 Å². The summed E-state index contributed by atoms with van der Waals surface area (Å²) in [5.41, 5.74) is 1.17. The van der Waals surface area contributed by atoms with E-state index in [-0.39, 0.29) is 24.0 Å². The summed E-state index contributed by atoms with van der Waals surface area (Å²) in [6.07, 6.45) is 2.14. The number of likely N-dealkylation sites (N-methyl/N-ethyl adjacent to an activating group) is 1. The predicted molar refractivity (Wildman–Crippen MR) is 123 cm³/mol. The third-order valence-corrected chi connectivity index (χ3v) is 4.86. The van der Waals surface area contributed by atoms with Crippen LogP contribution in [0.25, 0.3) is 0 Å². The number of aliphatic imine (C=N–C) groups is 1. The van der Waals surface area contributed by atoms with Gasteiger partial charge >= 0.3 is 0 Å². The zero-order valence-corrected chi connectivity index (χ0v) is 19.1. The molecule has 1 aromatic carbocycles. The number of nitrogens with zero attached hydrogens (tertiary/aromatic N) is 3. The average Bonchev–Trinajstić information content (AvgIpc) is 2.81. The Morgan fingerprint density at radius 3 is 2.73 bits per heavy atom. The lowest BCUT2D eigenvalue weighted by Crippen LogP contribution is -2.39. The van der Waals surface area contributed by atoms with Crippen molar-refractivity contribution in [2.24, 2.45) is 4.99 Å². The van der Waals surface area contributed by atoms with Crippen LogP contribution < -0.4 is 10.6 Å². The fraction of sp³-hybridized carbons (Fsp3) is 0.632. The van der Waals surface area contributed by atoms with Crippen LogP contribution in [-0.2, 0) is 6.42 Å². The van der Waals surface area contributed by atoms with Crippen LogP contribution in [0.15, 0.2) is 29.3 Å². The third kappa shape index (κ3) is 8.88. The van der Waals surface area contributed by atoms with Crippen LogP contribution in [0.1, 0.15) is 18.9 Å². The minimum atomic E-state index is 0. The molecule has 5 nitrogen and oxygen atoms in total. The SMILES string of the molecule is CCNC(=NCCN1CCCN(C)CC1)NCCc1ccccc1Cl.I. The van der Waals surface area contributed by atoms with E-state index in [0.29, 0.717) is 0 Å². The Morgan fingerprint density at radius 1 is 1.15 bits per heavy atom. The second kappa shape index (κ2) is 13.6. The van der Waals surface area contributed by atoms with Crippen LogP contribution >= 0.6 is 35.6 Å². The summed E-state index contributed by atoms with van der Waals surface area (Å²) in [5.74, 6) is 0.890. The highest BCUT2D eigenvalue weighted by Crippen LogP contribution is 2.14. The summed E-state index contributed by atoms with van der Waals surface area (Å²) in [4.78, 5) is 9.64. The van der Waals surface area contributed by atoms with Crippen molar-refractivity contribution in [3.05, 3.63) is 34.9 Å². The first-order valence-corrected chi connectivity index (χ1v) is 9.73. The summed E-state index contributed by atoms with van der Waals surface area (Å²) in [6.45, 7) is 10.3. The third-order valence-electron chi connectivity index (χ3n) is 4.49. The largest absolute Gasteiger partial charge is 0.357 e. The minimum Gasteiger partial charge on any atom is -0.357 e. The van der Waals surface area contributed by atoms with Gasteiger partial charge in [-0.3, -0.25) is 4.99 Å². The molecule has 0 unspecified atom stereocenters. The first-order valence-electron chi connectivity index (χ1n) is 9.35. The summed E-state index contributed by atoms with van der Waals surface area (Å²) in [7, 11) is 2.20. The smallest absolute Gasteiger partial charge is 0.191 e. The zero-order valence-electron chi connectivity index (χ0n) is 16.0.